The van der Waals surface area contributed by atoms with Gasteiger partial charge in [0.25, 0.3) is 0 Å². The molecule has 0 atom stereocenters. The van der Waals surface area contributed by atoms with Gasteiger partial charge in [-0.3, -0.25) is 9.80 Å². The Balaban J connectivity index is 1.47. The number of likely N-dealkylation sites (tertiary alicyclic amines) is 1. The van der Waals surface area contributed by atoms with Gasteiger partial charge in [-0.2, -0.15) is 0 Å². The minimum atomic E-state index is 1.09. The Hall–Kier alpha value is -1.58. The third-order valence-corrected chi connectivity index (χ3v) is 5.33. The zero-order valence-corrected chi connectivity index (χ0v) is 14.1. The highest BCUT2D eigenvalue weighted by Crippen LogP contribution is 2.30. The molecule has 2 aromatic rings. The molecule has 3 heterocycles. The first-order valence-corrected chi connectivity index (χ1v) is 9.01. The highest BCUT2D eigenvalue weighted by Gasteiger charge is 2.18. The summed E-state index contributed by atoms with van der Waals surface area (Å²) in [4.78, 5) is 8.64. The van der Waals surface area contributed by atoms with E-state index in [1.165, 1.54) is 66.5 Å². The summed E-state index contributed by atoms with van der Waals surface area (Å²) in [6.07, 6.45) is 9.97. The summed E-state index contributed by atoms with van der Waals surface area (Å²) in [6, 6.07) is 6.68. The Bertz CT molecular complexity index is 707. The van der Waals surface area contributed by atoms with Crippen LogP contribution in [0.5, 0.6) is 0 Å². The van der Waals surface area contributed by atoms with Gasteiger partial charge in [-0.15, -0.1) is 0 Å². The number of aromatic amines is 1. The van der Waals surface area contributed by atoms with Crippen LogP contribution in [0, 0.1) is 6.92 Å². The topological polar surface area (TPSA) is 22.3 Å². The van der Waals surface area contributed by atoms with Crippen molar-refractivity contribution >= 4 is 16.5 Å². The van der Waals surface area contributed by atoms with E-state index in [0.717, 1.165) is 19.6 Å². The number of nitrogens with one attached hydrogen (secondary N) is 1. The van der Waals surface area contributed by atoms with Gasteiger partial charge in [0.1, 0.15) is 0 Å². The molecule has 1 N–H and O–H groups in total. The van der Waals surface area contributed by atoms with Gasteiger partial charge < -0.3 is 4.98 Å². The summed E-state index contributed by atoms with van der Waals surface area (Å²) >= 11 is 0. The maximum absolute atomic E-state index is 3.43. The molecular formula is C20H27N3. The molecule has 122 valence electrons. The fraction of sp³-hybridized carbons (Fsp3) is 0.500. The second-order valence-electron chi connectivity index (χ2n) is 7.13. The first-order valence-electron chi connectivity index (χ1n) is 9.01. The molecule has 1 aromatic heterocycles. The van der Waals surface area contributed by atoms with Crippen molar-refractivity contribution in [2.75, 3.05) is 32.8 Å². The predicted octanol–water partition coefficient (Wildman–Crippen LogP) is 4.01. The van der Waals surface area contributed by atoms with Crippen molar-refractivity contribution in [3.05, 3.63) is 41.6 Å². The minimum absolute atomic E-state index is 1.09. The lowest BCUT2D eigenvalue weighted by Crippen LogP contribution is -2.42. The number of H-pyrrole nitrogens is 1. The largest absolute Gasteiger partial charge is 0.361 e. The van der Waals surface area contributed by atoms with E-state index in [9.17, 15) is 0 Å². The number of benzene rings is 1. The highest BCUT2D eigenvalue weighted by atomic mass is 15.3. The molecular weight excluding hydrogens is 282 g/mol. The molecule has 0 amide bonds. The maximum atomic E-state index is 3.43. The lowest BCUT2D eigenvalue weighted by Gasteiger charge is -2.34. The summed E-state index contributed by atoms with van der Waals surface area (Å²) in [5.74, 6) is 0. The van der Waals surface area contributed by atoms with E-state index in [-0.39, 0.29) is 0 Å². The van der Waals surface area contributed by atoms with Crippen LogP contribution in [0.4, 0.5) is 0 Å². The van der Waals surface area contributed by atoms with E-state index in [0.29, 0.717) is 0 Å². The smallest absolute Gasteiger partial charge is 0.0509 e. The molecule has 0 unspecified atom stereocenters. The fourth-order valence-corrected chi connectivity index (χ4v) is 3.97. The van der Waals surface area contributed by atoms with Gasteiger partial charge in [0.15, 0.2) is 0 Å². The molecule has 0 bridgehead atoms. The Kier molecular flexibility index (Phi) is 4.23. The zero-order valence-electron chi connectivity index (χ0n) is 14.1. The van der Waals surface area contributed by atoms with Crippen LogP contribution in [-0.4, -0.2) is 47.6 Å². The van der Waals surface area contributed by atoms with Crippen LogP contribution in [0.2, 0.25) is 0 Å². The molecule has 1 aromatic carbocycles. The van der Waals surface area contributed by atoms with Crippen LogP contribution >= 0.6 is 0 Å². The Morgan fingerprint density at radius 3 is 2.70 bits per heavy atom. The van der Waals surface area contributed by atoms with Gasteiger partial charge in [0.05, 0.1) is 6.67 Å². The SMILES string of the molecule is Cc1ccc2[nH]cc(C3=CCN(CN4CCCCC4)CC3)c2c1. The van der Waals surface area contributed by atoms with Crippen molar-refractivity contribution < 1.29 is 0 Å². The number of hydrogen-bond donors (Lipinski definition) is 1. The van der Waals surface area contributed by atoms with Gasteiger partial charge >= 0.3 is 0 Å². The number of rotatable bonds is 3. The standard InChI is InChI=1S/C20H27N3/c1-16-5-6-20-18(13-16)19(14-21-20)17-7-11-23(12-8-17)15-22-9-3-2-4-10-22/h5-7,13-14,21H,2-4,8-12,15H2,1H3. The zero-order chi connectivity index (χ0) is 15.6. The Morgan fingerprint density at radius 2 is 1.91 bits per heavy atom. The van der Waals surface area contributed by atoms with E-state index in [1.54, 1.807) is 0 Å². The molecule has 1 fully saturated rings. The van der Waals surface area contributed by atoms with Crippen molar-refractivity contribution in [3.8, 4) is 0 Å². The molecule has 0 spiro atoms. The van der Waals surface area contributed by atoms with Gasteiger partial charge in [-0.25, -0.2) is 0 Å². The summed E-state index contributed by atoms with van der Waals surface area (Å²) in [7, 11) is 0. The predicted molar refractivity (Wildman–Crippen MR) is 97.5 cm³/mol. The second kappa shape index (κ2) is 6.50. The monoisotopic (exact) mass is 309 g/mol. The number of hydrogen-bond acceptors (Lipinski definition) is 2. The van der Waals surface area contributed by atoms with E-state index in [4.69, 9.17) is 0 Å². The summed E-state index contributed by atoms with van der Waals surface area (Å²) in [5.41, 5.74) is 5.50. The minimum Gasteiger partial charge on any atom is -0.361 e. The number of piperidine rings is 1. The number of fused-ring (bicyclic) bond motifs is 1. The van der Waals surface area contributed by atoms with E-state index < -0.39 is 0 Å². The van der Waals surface area contributed by atoms with Crippen LogP contribution in [-0.2, 0) is 0 Å². The molecule has 2 aliphatic rings. The number of aryl methyl sites for hydroxylation is 1. The van der Waals surface area contributed by atoms with Crippen molar-refractivity contribution in [2.24, 2.45) is 0 Å². The molecule has 3 nitrogen and oxygen atoms in total. The average molecular weight is 309 g/mol. The number of aromatic nitrogens is 1. The fourth-order valence-electron chi connectivity index (χ4n) is 3.97. The average Bonchev–Trinajstić information content (AvgIpc) is 2.99. The van der Waals surface area contributed by atoms with Crippen molar-refractivity contribution in [1.29, 1.82) is 0 Å². The van der Waals surface area contributed by atoms with Gasteiger partial charge in [-0.1, -0.05) is 24.1 Å². The molecule has 4 rings (SSSR count). The third-order valence-electron chi connectivity index (χ3n) is 5.33. The van der Waals surface area contributed by atoms with Crippen molar-refractivity contribution in [2.45, 2.75) is 32.6 Å². The quantitative estimate of drug-likeness (QED) is 0.925. The van der Waals surface area contributed by atoms with E-state index in [1.807, 2.05) is 0 Å². The van der Waals surface area contributed by atoms with Crippen LogP contribution in [0.25, 0.3) is 16.5 Å². The molecule has 0 radical (unpaired) electrons. The highest BCUT2D eigenvalue weighted by molar-refractivity contribution is 5.93. The van der Waals surface area contributed by atoms with Gasteiger partial charge in [-0.05, 0) is 57.0 Å². The van der Waals surface area contributed by atoms with Crippen molar-refractivity contribution in [1.82, 2.24) is 14.8 Å². The Morgan fingerprint density at radius 1 is 1.04 bits per heavy atom. The maximum Gasteiger partial charge on any atom is 0.0509 e. The molecule has 1 saturated heterocycles. The third kappa shape index (κ3) is 3.22. The van der Waals surface area contributed by atoms with Gasteiger partial charge in [0.2, 0.25) is 0 Å². The molecule has 2 aliphatic heterocycles. The summed E-state index contributed by atoms with van der Waals surface area (Å²) in [5, 5.41) is 1.38. The number of nitrogens with zero attached hydrogens (tertiary/aromatic N) is 2. The Labute approximate surface area is 139 Å². The lowest BCUT2D eigenvalue weighted by atomic mass is 9.98. The van der Waals surface area contributed by atoms with Crippen LogP contribution < -0.4 is 0 Å². The van der Waals surface area contributed by atoms with Crippen LogP contribution in [0.1, 0.15) is 36.8 Å². The lowest BCUT2D eigenvalue weighted by molar-refractivity contribution is 0.121. The molecule has 0 aliphatic carbocycles. The molecule has 3 heteroatoms. The molecule has 0 saturated carbocycles. The van der Waals surface area contributed by atoms with Gasteiger partial charge in [0, 0.05) is 35.8 Å². The van der Waals surface area contributed by atoms with Crippen LogP contribution in [0.15, 0.2) is 30.5 Å². The van der Waals surface area contributed by atoms with E-state index >= 15 is 0 Å². The summed E-state index contributed by atoms with van der Waals surface area (Å²) in [6.45, 7) is 8.16. The normalized spacial score (nSPS) is 20.8. The summed E-state index contributed by atoms with van der Waals surface area (Å²) < 4.78 is 0. The van der Waals surface area contributed by atoms with Crippen LogP contribution in [0.3, 0.4) is 0 Å². The second-order valence-corrected chi connectivity index (χ2v) is 7.13. The van der Waals surface area contributed by atoms with E-state index in [2.05, 4.69) is 52.2 Å². The van der Waals surface area contributed by atoms with Crippen molar-refractivity contribution in [3.63, 3.8) is 0 Å². The first kappa shape index (κ1) is 15.0. The molecule has 23 heavy (non-hydrogen) atoms. The first-order chi connectivity index (χ1) is 11.3.